The van der Waals surface area contributed by atoms with Crippen LogP contribution in [-0.2, 0) is 11.3 Å². The van der Waals surface area contributed by atoms with E-state index in [4.69, 9.17) is 10.00 Å². The van der Waals surface area contributed by atoms with Crippen LogP contribution in [0.4, 0.5) is 5.69 Å². The number of hydrogen-bond donors (Lipinski definition) is 0. The van der Waals surface area contributed by atoms with Crippen LogP contribution in [0.15, 0.2) is 47.5 Å². The number of rotatable bonds is 5. The zero-order valence-corrected chi connectivity index (χ0v) is 15.1. The number of nitro groups is 1. The largest absolute Gasteiger partial charge is 0.383 e. The number of non-ortho nitro benzene ring substituents is 1. The van der Waals surface area contributed by atoms with Crippen LogP contribution < -0.4 is 4.80 Å². The maximum atomic E-state index is 12.5. The minimum atomic E-state index is -0.461. The van der Waals surface area contributed by atoms with E-state index in [0.29, 0.717) is 33.8 Å². The Hall–Kier alpha value is -3.35. The van der Waals surface area contributed by atoms with Crippen LogP contribution in [-0.4, -0.2) is 29.1 Å². The molecule has 3 aromatic rings. The number of nitro benzene ring substituents is 1. The summed E-state index contributed by atoms with van der Waals surface area (Å²) in [5.41, 5.74) is 1.54. The number of carbonyl (C=O) groups excluding carboxylic acids is 1. The molecule has 27 heavy (non-hydrogen) atoms. The van der Waals surface area contributed by atoms with Crippen LogP contribution in [0, 0.1) is 21.4 Å². The lowest BCUT2D eigenvalue weighted by Gasteiger charge is -2.04. The summed E-state index contributed by atoms with van der Waals surface area (Å²) in [6, 6.07) is 12.7. The molecule has 0 N–H and O–H groups in total. The molecular formula is C18H14N4O4S. The van der Waals surface area contributed by atoms with Crippen LogP contribution in [0.2, 0.25) is 0 Å². The Kier molecular flexibility index (Phi) is 5.40. The molecular weight excluding hydrogens is 368 g/mol. The number of carbonyl (C=O) groups is 1. The minimum absolute atomic E-state index is 0.0207. The summed E-state index contributed by atoms with van der Waals surface area (Å²) < 4.78 is 7.57. The highest BCUT2D eigenvalue weighted by Crippen LogP contribution is 2.23. The van der Waals surface area contributed by atoms with Gasteiger partial charge in [0, 0.05) is 31.4 Å². The molecule has 0 aliphatic carbocycles. The molecule has 0 bridgehead atoms. The van der Waals surface area contributed by atoms with E-state index >= 15 is 0 Å². The van der Waals surface area contributed by atoms with E-state index in [2.05, 4.69) is 4.99 Å². The number of methoxy groups -OCH3 is 1. The summed E-state index contributed by atoms with van der Waals surface area (Å²) in [6.45, 7) is 0.856. The van der Waals surface area contributed by atoms with Gasteiger partial charge in [-0.15, -0.1) is 0 Å². The number of nitriles is 1. The maximum Gasteiger partial charge on any atom is 0.279 e. The highest BCUT2D eigenvalue weighted by molar-refractivity contribution is 7.16. The summed E-state index contributed by atoms with van der Waals surface area (Å²) in [5, 5.41) is 19.8. The SMILES string of the molecule is COCCn1c(=NC(=O)c2ccc(C#N)cc2)sc2cc([N+](=O)[O-])ccc21. The van der Waals surface area contributed by atoms with E-state index in [1.54, 1.807) is 42.0 Å². The standard InChI is InChI=1S/C18H14N4O4S/c1-26-9-8-21-15-7-6-14(22(24)25)10-16(15)27-18(21)20-17(23)13-4-2-12(11-19)3-5-13/h2-7,10H,8-9H2,1H3. The number of hydrogen-bond acceptors (Lipinski definition) is 6. The van der Waals surface area contributed by atoms with Gasteiger partial charge in [-0.05, 0) is 30.3 Å². The van der Waals surface area contributed by atoms with Crippen LogP contribution >= 0.6 is 11.3 Å². The fourth-order valence-corrected chi connectivity index (χ4v) is 3.59. The summed E-state index contributed by atoms with van der Waals surface area (Å²) in [6.07, 6.45) is 0. The molecule has 0 unspecified atom stereocenters. The summed E-state index contributed by atoms with van der Waals surface area (Å²) in [4.78, 5) is 27.7. The zero-order valence-electron chi connectivity index (χ0n) is 14.3. The quantitative estimate of drug-likeness (QED) is 0.498. The van der Waals surface area contributed by atoms with Crippen molar-refractivity contribution < 1.29 is 14.5 Å². The Bertz CT molecular complexity index is 1120. The molecule has 0 fully saturated rings. The first-order chi connectivity index (χ1) is 13.0. The number of nitrogens with zero attached hydrogens (tertiary/aromatic N) is 4. The molecule has 0 saturated carbocycles. The van der Waals surface area contributed by atoms with Crippen molar-refractivity contribution in [3.63, 3.8) is 0 Å². The number of benzene rings is 2. The Labute approximate surface area is 157 Å². The molecule has 0 radical (unpaired) electrons. The molecule has 0 aliphatic rings. The van der Waals surface area contributed by atoms with Gasteiger partial charge in [-0.25, -0.2) is 0 Å². The summed E-state index contributed by atoms with van der Waals surface area (Å²) in [5.74, 6) is -0.452. The van der Waals surface area contributed by atoms with Gasteiger partial charge in [0.05, 0.1) is 33.4 Å². The van der Waals surface area contributed by atoms with Gasteiger partial charge in [0.25, 0.3) is 11.6 Å². The fraction of sp³-hybridized carbons (Fsp3) is 0.167. The van der Waals surface area contributed by atoms with Crippen molar-refractivity contribution in [2.24, 2.45) is 4.99 Å². The third-order valence-electron chi connectivity index (χ3n) is 3.85. The van der Waals surface area contributed by atoms with Gasteiger partial charge in [-0.3, -0.25) is 14.9 Å². The molecule has 9 heteroatoms. The average Bonchev–Trinajstić information content (AvgIpc) is 3.02. The first kappa shape index (κ1) is 18.4. The lowest BCUT2D eigenvalue weighted by molar-refractivity contribution is -0.384. The zero-order chi connectivity index (χ0) is 19.4. The fourth-order valence-electron chi connectivity index (χ4n) is 2.50. The molecule has 1 aromatic heterocycles. The smallest absolute Gasteiger partial charge is 0.279 e. The second-order valence-corrected chi connectivity index (χ2v) is 6.55. The lowest BCUT2D eigenvalue weighted by Crippen LogP contribution is -2.19. The van der Waals surface area contributed by atoms with E-state index in [9.17, 15) is 14.9 Å². The molecule has 3 rings (SSSR count). The molecule has 0 saturated heterocycles. The van der Waals surface area contributed by atoms with Crippen LogP contribution in [0.3, 0.4) is 0 Å². The predicted molar refractivity (Wildman–Crippen MR) is 99.4 cm³/mol. The van der Waals surface area contributed by atoms with Gasteiger partial charge in [-0.2, -0.15) is 10.3 Å². The van der Waals surface area contributed by atoms with Gasteiger partial charge in [0.2, 0.25) is 0 Å². The minimum Gasteiger partial charge on any atom is -0.383 e. The molecule has 136 valence electrons. The third kappa shape index (κ3) is 3.92. The molecule has 1 heterocycles. The molecule has 2 aromatic carbocycles. The Morgan fingerprint density at radius 1 is 1.33 bits per heavy atom. The molecule has 8 nitrogen and oxygen atoms in total. The van der Waals surface area contributed by atoms with Crippen molar-refractivity contribution in [3.05, 3.63) is 68.5 Å². The second-order valence-electron chi connectivity index (χ2n) is 5.54. The van der Waals surface area contributed by atoms with Gasteiger partial charge < -0.3 is 9.30 Å². The number of fused-ring (bicyclic) bond motifs is 1. The van der Waals surface area contributed by atoms with Crippen molar-refractivity contribution >= 4 is 33.1 Å². The monoisotopic (exact) mass is 382 g/mol. The Balaban J connectivity index is 2.09. The summed E-state index contributed by atoms with van der Waals surface area (Å²) >= 11 is 1.20. The van der Waals surface area contributed by atoms with E-state index in [-0.39, 0.29) is 5.69 Å². The first-order valence-electron chi connectivity index (χ1n) is 7.89. The van der Waals surface area contributed by atoms with Gasteiger partial charge in [-0.1, -0.05) is 11.3 Å². The summed E-state index contributed by atoms with van der Waals surface area (Å²) in [7, 11) is 1.57. The van der Waals surface area contributed by atoms with E-state index in [1.165, 1.54) is 23.5 Å². The Morgan fingerprint density at radius 2 is 2.07 bits per heavy atom. The highest BCUT2D eigenvalue weighted by Gasteiger charge is 2.13. The van der Waals surface area contributed by atoms with Crippen LogP contribution in [0.5, 0.6) is 0 Å². The predicted octanol–water partition coefficient (Wildman–Crippen LogP) is 2.87. The normalized spacial score (nSPS) is 11.5. The van der Waals surface area contributed by atoms with Crippen LogP contribution in [0.25, 0.3) is 10.2 Å². The number of aromatic nitrogens is 1. The number of amides is 1. The van der Waals surface area contributed by atoms with Crippen molar-refractivity contribution in [3.8, 4) is 6.07 Å². The average molecular weight is 382 g/mol. The highest BCUT2D eigenvalue weighted by atomic mass is 32.1. The maximum absolute atomic E-state index is 12.5. The third-order valence-corrected chi connectivity index (χ3v) is 4.90. The van der Waals surface area contributed by atoms with Crippen LogP contribution in [0.1, 0.15) is 15.9 Å². The Morgan fingerprint density at radius 3 is 2.70 bits per heavy atom. The topological polar surface area (TPSA) is 111 Å². The second kappa shape index (κ2) is 7.90. The molecule has 0 spiro atoms. The van der Waals surface area contributed by atoms with Crippen molar-refractivity contribution in [1.82, 2.24) is 4.57 Å². The van der Waals surface area contributed by atoms with Crippen molar-refractivity contribution in [2.45, 2.75) is 6.54 Å². The number of thiazole rings is 1. The molecule has 0 aliphatic heterocycles. The number of ether oxygens (including phenoxy) is 1. The molecule has 1 amide bonds. The van der Waals surface area contributed by atoms with E-state index in [1.807, 2.05) is 6.07 Å². The first-order valence-corrected chi connectivity index (χ1v) is 8.71. The molecule has 0 atom stereocenters. The van der Waals surface area contributed by atoms with E-state index < -0.39 is 10.8 Å². The van der Waals surface area contributed by atoms with Crippen molar-refractivity contribution in [1.29, 1.82) is 5.26 Å². The van der Waals surface area contributed by atoms with Gasteiger partial charge >= 0.3 is 0 Å². The van der Waals surface area contributed by atoms with Crippen molar-refractivity contribution in [2.75, 3.05) is 13.7 Å². The van der Waals surface area contributed by atoms with Gasteiger partial charge in [0.15, 0.2) is 4.80 Å². The van der Waals surface area contributed by atoms with E-state index in [0.717, 1.165) is 5.52 Å². The lowest BCUT2D eigenvalue weighted by atomic mass is 10.1. The van der Waals surface area contributed by atoms with Gasteiger partial charge in [0.1, 0.15) is 0 Å².